The van der Waals surface area contributed by atoms with Crippen molar-refractivity contribution in [3.63, 3.8) is 0 Å². The Bertz CT molecular complexity index is 1050. The van der Waals surface area contributed by atoms with Gasteiger partial charge >= 0.3 is 0 Å². The Morgan fingerprint density at radius 3 is 2.48 bits per heavy atom. The van der Waals surface area contributed by atoms with E-state index in [0.717, 1.165) is 71.4 Å². The van der Waals surface area contributed by atoms with Crippen molar-refractivity contribution in [1.29, 1.82) is 0 Å². The highest BCUT2D eigenvalue weighted by Gasteiger charge is 2.26. The molecule has 1 fully saturated rings. The maximum atomic E-state index is 13.1. The van der Waals surface area contributed by atoms with Crippen LogP contribution >= 0.6 is 11.3 Å². The maximum Gasteiger partial charge on any atom is 0.200 e. The third kappa shape index (κ3) is 3.76. The summed E-state index contributed by atoms with van der Waals surface area (Å²) in [6.45, 7) is 3.42. The number of thiazole rings is 1. The molecule has 0 N–H and O–H groups in total. The number of anilines is 1. The lowest BCUT2D eigenvalue weighted by molar-refractivity contribution is 0.103. The maximum absolute atomic E-state index is 13.1. The number of hydrogen-bond donors (Lipinski definition) is 0. The number of allylic oxidation sites excluding steroid dienone is 1. The molecular formula is C24H22N2O2S. The summed E-state index contributed by atoms with van der Waals surface area (Å²) in [4.78, 5) is 20.9. The van der Waals surface area contributed by atoms with E-state index in [2.05, 4.69) is 29.2 Å². The van der Waals surface area contributed by atoms with Gasteiger partial charge < -0.3 is 9.64 Å². The van der Waals surface area contributed by atoms with E-state index >= 15 is 0 Å². The van der Waals surface area contributed by atoms with E-state index in [1.54, 1.807) is 0 Å². The van der Waals surface area contributed by atoms with Crippen molar-refractivity contribution in [3.8, 4) is 10.6 Å². The Hall–Kier alpha value is -2.76. The number of morpholine rings is 1. The van der Waals surface area contributed by atoms with E-state index in [1.165, 1.54) is 17.0 Å². The van der Waals surface area contributed by atoms with Crippen LogP contribution in [-0.4, -0.2) is 37.1 Å². The van der Waals surface area contributed by atoms with Crippen molar-refractivity contribution >= 4 is 28.9 Å². The largest absolute Gasteiger partial charge is 0.378 e. The molecular weight excluding hydrogens is 380 g/mol. The van der Waals surface area contributed by atoms with Crippen LogP contribution in [0.15, 0.2) is 60.2 Å². The standard InChI is InChI=1S/C24H22N2O2S/c27-22-19(16-17-6-9-20(10-7-17)26-12-14-28-15-13-26)8-11-21-23(22)29-24(25-21)18-4-2-1-3-5-18/h1-7,9-10,16H,8,11-15H2/b19-16+. The van der Waals surface area contributed by atoms with Crippen molar-refractivity contribution < 1.29 is 9.53 Å². The molecule has 0 radical (unpaired) electrons. The molecule has 146 valence electrons. The number of hydrogen-bond acceptors (Lipinski definition) is 5. The number of ether oxygens (including phenoxy) is 1. The SMILES string of the molecule is O=C1/C(=C/c2ccc(N3CCOCC3)cc2)CCc2nc(-c3ccccc3)sc21. The molecule has 0 spiro atoms. The molecule has 1 aromatic heterocycles. The highest BCUT2D eigenvalue weighted by Crippen LogP contribution is 2.35. The average molecular weight is 403 g/mol. The van der Waals surface area contributed by atoms with Gasteiger partial charge in [0.1, 0.15) is 5.01 Å². The molecule has 5 heteroatoms. The summed E-state index contributed by atoms with van der Waals surface area (Å²) in [6.07, 6.45) is 3.60. The monoisotopic (exact) mass is 402 g/mol. The van der Waals surface area contributed by atoms with Crippen LogP contribution in [0.25, 0.3) is 16.6 Å². The van der Waals surface area contributed by atoms with Crippen LogP contribution in [0.2, 0.25) is 0 Å². The first-order chi connectivity index (χ1) is 14.3. The first-order valence-corrected chi connectivity index (χ1v) is 10.8. The zero-order valence-electron chi connectivity index (χ0n) is 16.1. The first kappa shape index (κ1) is 18.3. The molecule has 0 bridgehead atoms. The highest BCUT2D eigenvalue weighted by atomic mass is 32.1. The lowest BCUT2D eigenvalue weighted by Crippen LogP contribution is -2.36. The van der Waals surface area contributed by atoms with Gasteiger partial charge in [-0.1, -0.05) is 42.5 Å². The van der Waals surface area contributed by atoms with Crippen molar-refractivity contribution in [3.05, 3.63) is 76.3 Å². The second-order valence-electron chi connectivity index (χ2n) is 7.35. The summed E-state index contributed by atoms with van der Waals surface area (Å²) >= 11 is 1.51. The number of benzene rings is 2. The topological polar surface area (TPSA) is 42.4 Å². The van der Waals surface area contributed by atoms with Crippen LogP contribution in [0.1, 0.15) is 27.3 Å². The lowest BCUT2D eigenvalue weighted by Gasteiger charge is -2.28. The van der Waals surface area contributed by atoms with Crippen LogP contribution in [-0.2, 0) is 11.2 Å². The first-order valence-electron chi connectivity index (χ1n) is 10.0. The molecule has 1 aliphatic carbocycles. The van der Waals surface area contributed by atoms with Crippen LogP contribution < -0.4 is 4.90 Å². The zero-order valence-corrected chi connectivity index (χ0v) is 17.0. The molecule has 2 aliphatic rings. The summed E-state index contributed by atoms with van der Waals surface area (Å²) in [5.74, 6) is 0.128. The fourth-order valence-electron chi connectivity index (χ4n) is 3.86. The van der Waals surface area contributed by atoms with Gasteiger partial charge in [0, 0.05) is 29.9 Å². The highest BCUT2D eigenvalue weighted by molar-refractivity contribution is 7.17. The molecule has 0 amide bonds. The zero-order chi connectivity index (χ0) is 19.6. The van der Waals surface area contributed by atoms with Crippen LogP contribution in [0.5, 0.6) is 0 Å². The Labute approximate surface area is 174 Å². The van der Waals surface area contributed by atoms with Crippen molar-refractivity contribution in [2.75, 3.05) is 31.2 Å². The Balaban J connectivity index is 1.37. The predicted molar refractivity (Wildman–Crippen MR) is 118 cm³/mol. The summed E-state index contributed by atoms with van der Waals surface area (Å²) in [6, 6.07) is 18.6. The fourth-order valence-corrected chi connectivity index (χ4v) is 4.95. The molecule has 3 aromatic rings. The van der Waals surface area contributed by atoms with Gasteiger partial charge in [-0.25, -0.2) is 4.98 Å². The normalized spacial score (nSPS) is 18.1. The van der Waals surface area contributed by atoms with Crippen LogP contribution in [0, 0.1) is 0 Å². The van der Waals surface area contributed by atoms with E-state index < -0.39 is 0 Å². The summed E-state index contributed by atoms with van der Waals surface area (Å²) in [7, 11) is 0. The van der Waals surface area contributed by atoms with E-state index in [4.69, 9.17) is 9.72 Å². The van der Waals surface area contributed by atoms with Gasteiger partial charge in [0.15, 0.2) is 0 Å². The molecule has 29 heavy (non-hydrogen) atoms. The number of ketones is 1. The second-order valence-corrected chi connectivity index (χ2v) is 8.35. The summed E-state index contributed by atoms with van der Waals surface area (Å²) in [5.41, 5.74) is 5.17. The van der Waals surface area contributed by atoms with E-state index in [-0.39, 0.29) is 5.78 Å². The summed E-state index contributed by atoms with van der Waals surface area (Å²) < 4.78 is 5.42. The molecule has 0 atom stereocenters. The summed E-state index contributed by atoms with van der Waals surface area (Å²) in [5, 5.41) is 0.931. The third-order valence-corrected chi connectivity index (χ3v) is 6.60. The van der Waals surface area contributed by atoms with Crippen molar-refractivity contribution in [2.24, 2.45) is 0 Å². The minimum Gasteiger partial charge on any atom is -0.378 e. The second kappa shape index (κ2) is 7.93. The molecule has 0 saturated carbocycles. The number of aryl methyl sites for hydroxylation is 1. The molecule has 0 unspecified atom stereocenters. The average Bonchev–Trinajstić information content (AvgIpc) is 3.23. The number of nitrogens with zero attached hydrogens (tertiary/aromatic N) is 2. The van der Waals surface area contributed by atoms with Crippen molar-refractivity contribution in [2.45, 2.75) is 12.8 Å². The van der Waals surface area contributed by atoms with Gasteiger partial charge in [-0.3, -0.25) is 4.79 Å². The minimum atomic E-state index is 0.128. The number of carbonyl (C=O) groups is 1. The number of Topliss-reactive ketones (excluding diaryl/α,β-unsaturated/α-hetero) is 1. The Morgan fingerprint density at radius 1 is 0.966 bits per heavy atom. The quantitative estimate of drug-likeness (QED) is 0.587. The van der Waals surface area contributed by atoms with Gasteiger partial charge in [-0.15, -0.1) is 11.3 Å². The van der Waals surface area contributed by atoms with Crippen LogP contribution in [0.3, 0.4) is 0 Å². The predicted octanol–water partition coefficient (Wildman–Crippen LogP) is 4.86. The molecule has 2 aromatic carbocycles. The molecule has 4 nitrogen and oxygen atoms in total. The molecule has 5 rings (SSSR count). The van der Waals surface area contributed by atoms with E-state index in [9.17, 15) is 4.79 Å². The third-order valence-electron chi connectivity index (χ3n) is 5.46. The van der Waals surface area contributed by atoms with Gasteiger partial charge in [-0.2, -0.15) is 0 Å². The smallest absolute Gasteiger partial charge is 0.200 e. The molecule has 2 heterocycles. The number of fused-ring (bicyclic) bond motifs is 1. The van der Waals surface area contributed by atoms with Gasteiger partial charge in [-0.05, 0) is 36.6 Å². The van der Waals surface area contributed by atoms with Crippen LogP contribution in [0.4, 0.5) is 5.69 Å². The van der Waals surface area contributed by atoms with E-state index in [0.29, 0.717) is 0 Å². The number of rotatable bonds is 3. The lowest BCUT2D eigenvalue weighted by atomic mass is 9.94. The Morgan fingerprint density at radius 2 is 1.72 bits per heavy atom. The van der Waals surface area contributed by atoms with Gasteiger partial charge in [0.05, 0.1) is 23.8 Å². The molecule has 1 saturated heterocycles. The van der Waals surface area contributed by atoms with Gasteiger partial charge in [0.2, 0.25) is 5.78 Å². The Kier molecular flexibility index (Phi) is 5.00. The minimum absolute atomic E-state index is 0.128. The fraction of sp³-hybridized carbons (Fsp3) is 0.250. The van der Waals surface area contributed by atoms with Crippen molar-refractivity contribution in [1.82, 2.24) is 4.98 Å². The van der Waals surface area contributed by atoms with E-state index in [1.807, 2.05) is 36.4 Å². The van der Waals surface area contributed by atoms with Gasteiger partial charge in [0.25, 0.3) is 0 Å². The number of carbonyl (C=O) groups excluding carboxylic acids is 1. The number of aromatic nitrogens is 1. The molecule has 1 aliphatic heterocycles.